The fraction of sp³-hybridized carbons (Fsp3) is 0.308. The highest BCUT2D eigenvalue weighted by atomic mass is 35.5. The van der Waals surface area contributed by atoms with Gasteiger partial charge < -0.3 is 5.11 Å². The number of aromatic nitrogens is 2. The Labute approximate surface area is 128 Å². The molecule has 8 heteroatoms. The molecule has 0 bridgehead atoms. The van der Waals surface area contributed by atoms with Crippen LogP contribution in [0.5, 0.6) is 0 Å². The molecule has 6 nitrogen and oxygen atoms in total. The molecule has 0 amide bonds. The Kier molecular flexibility index (Phi) is 4.67. The highest BCUT2D eigenvalue weighted by Crippen LogP contribution is 2.23. The van der Waals surface area contributed by atoms with Gasteiger partial charge in [0, 0.05) is 37.4 Å². The topological polar surface area (TPSA) is 75.4 Å². The van der Waals surface area contributed by atoms with Crippen molar-refractivity contribution in [3.63, 3.8) is 0 Å². The lowest BCUT2D eigenvalue weighted by Crippen LogP contribution is -2.26. The number of aliphatic hydroxyl groups is 1. The van der Waals surface area contributed by atoms with Crippen molar-refractivity contribution in [3.05, 3.63) is 46.7 Å². The largest absolute Gasteiger partial charge is 0.392 e. The molecule has 0 saturated carbocycles. The predicted molar refractivity (Wildman–Crippen MR) is 79.2 cm³/mol. The Morgan fingerprint density at radius 3 is 2.67 bits per heavy atom. The Bertz CT molecular complexity index is 743. The number of hydrogen-bond acceptors (Lipinski definition) is 4. The molecule has 2 aromatic rings. The molecule has 0 radical (unpaired) electrons. The summed E-state index contributed by atoms with van der Waals surface area (Å²) in [6.45, 7) is -0.0137. The summed E-state index contributed by atoms with van der Waals surface area (Å²) in [5.74, 6) is 0. The van der Waals surface area contributed by atoms with Crippen LogP contribution in [0.15, 0.2) is 35.5 Å². The van der Waals surface area contributed by atoms with Gasteiger partial charge in [-0.15, -0.1) is 0 Å². The maximum atomic E-state index is 12.5. The lowest BCUT2D eigenvalue weighted by atomic mass is 10.2. The zero-order valence-electron chi connectivity index (χ0n) is 11.7. The van der Waals surface area contributed by atoms with Gasteiger partial charge in [0.2, 0.25) is 10.0 Å². The number of hydrogen-bond donors (Lipinski definition) is 1. The third-order valence-electron chi connectivity index (χ3n) is 3.07. The molecule has 0 unspecified atom stereocenters. The number of aliphatic hydroxyl groups excluding tert-OH is 1. The number of aryl methyl sites for hydroxylation is 1. The maximum absolute atomic E-state index is 12.5. The van der Waals surface area contributed by atoms with Crippen molar-refractivity contribution in [1.29, 1.82) is 0 Å². The van der Waals surface area contributed by atoms with Gasteiger partial charge in [0.05, 0.1) is 17.7 Å². The first-order valence-electron chi connectivity index (χ1n) is 6.17. The first kappa shape index (κ1) is 16.0. The molecule has 0 spiro atoms. The number of benzene rings is 1. The van der Waals surface area contributed by atoms with Gasteiger partial charge in [-0.2, -0.15) is 9.40 Å². The van der Waals surface area contributed by atoms with Crippen LogP contribution in [-0.4, -0.2) is 34.7 Å². The lowest BCUT2D eigenvalue weighted by Gasteiger charge is -2.17. The summed E-state index contributed by atoms with van der Waals surface area (Å²) < 4.78 is 27.8. The SMILES string of the molecule is CN(Cc1cnn(C)c1)S(=O)(=O)c1ccc(CO)c(Cl)c1. The Hall–Kier alpha value is -1.41. The first-order chi connectivity index (χ1) is 9.84. The first-order valence-corrected chi connectivity index (χ1v) is 7.99. The molecule has 0 aliphatic rings. The van der Waals surface area contributed by atoms with Gasteiger partial charge in [0.25, 0.3) is 0 Å². The third kappa shape index (κ3) is 3.44. The summed E-state index contributed by atoms with van der Waals surface area (Å²) in [5, 5.41) is 13.3. The van der Waals surface area contributed by atoms with E-state index in [1.165, 1.54) is 29.6 Å². The molecule has 1 N–H and O–H groups in total. The van der Waals surface area contributed by atoms with Crippen molar-refractivity contribution in [2.75, 3.05) is 7.05 Å². The Morgan fingerprint density at radius 1 is 1.43 bits per heavy atom. The Balaban J connectivity index is 2.26. The van der Waals surface area contributed by atoms with E-state index in [1.54, 1.807) is 24.1 Å². The molecule has 1 aromatic carbocycles. The highest BCUT2D eigenvalue weighted by Gasteiger charge is 2.22. The number of rotatable bonds is 5. The van der Waals surface area contributed by atoms with Gasteiger partial charge in [0.1, 0.15) is 0 Å². The number of nitrogens with zero attached hydrogens (tertiary/aromatic N) is 3. The van der Waals surface area contributed by atoms with E-state index in [1.807, 2.05) is 0 Å². The molecule has 0 atom stereocenters. The zero-order chi connectivity index (χ0) is 15.6. The second-order valence-corrected chi connectivity index (χ2v) is 7.15. The van der Waals surface area contributed by atoms with E-state index in [0.717, 1.165) is 5.56 Å². The van der Waals surface area contributed by atoms with Crippen LogP contribution in [0.2, 0.25) is 5.02 Å². The summed E-state index contributed by atoms with van der Waals surface area (Å²) in [6.07, 6.45) is 3.38. The fourth-order valence-corrected chi connectivity index (χ4v) is 3.38. The van der Waals surface area contributed by atoms with Gasteiger partial charge in [-0.25, -0.2) is 8.42 Å². The van der Waals surface area contributed by atoms with Crippen molar-refractivity contribution < 1.29 is 13.5 Å². The molecular formula is C13H16ClN3O3S. The van der Waals surface area contributed by atoms with Crippen LogP contribution < -0.4 is 0 Å². The highest BCUT2D eigenvalue weighted by molar-refractivity contribution is 7.89. The smallest absolute Gasteiger partial charge is 0.243 e. The number of halogens is 1. The van der Waals surface area contributed by atoms with Crippen molar-refractivity contribution in [3.8, 4) is 0 Å². The van der Waals surface area contributed by atoms with E-state index in [0.29, 0.717) is 5.56 Å². The molecule has 21 heavy (non-hydrogen) atoms. The minimum atomic E-state index is -3.65. The van der Waals surface area contributed by atoms with E-state index < -0.39 is 10.0 Å². The van der Waals surface area contributed by atoms with E-state index in [9.17, 15) is 8.42 Å². The van der Waals surface area contributed by atoms with Crippen LogP contribution >= 0.6 is 11.6 Å². The second kappa shape index (κ2) is 6.15. The van der Waals surface area contributed by atoms with Crippen molar-refractivity contribution in [1.82, 2.24) is 14.1 Å². The van der Waals surface area contributed by atoms with E-state index >= 15 is 0 Å². The van der Waals surface area contributed by atoms with Gasteiger partial charge in [-0.05, 0) is 17.7 Å². The normalized spacial score (nSPS) is 12.0. The molecule has 0 aliphatic heterocycles. The van der Waals surface area contributed by atoms with E-state index in [4.69, 9.17) is 16.7 Å². The molecule has 0 saturated heterocycles. The summed E-state index contributed by atoms with van der Waals surface area (Å²) in [5.41, 5.74) is 1.28. The standard InChI is InChI=1S/C13H16ClN3O3S/c1-16-7-10(6-15-16)8-17(2)21(19,20)12-4-3-11(9-18)13(14)5-12/h3-7,18H,8-9H2,1-2H3. The van der Waals surface area contributed by atoms with Crippen LogP contribution in [0.1, 0.15) is 11.1 Å². The molecule has 114 valence electrons. The van der Waals surface area contributed by atoms with E-state index in [2.05, 4.69) is 5.10 Å². The Morgan fingerprint density at radius 2 is 2.14 bits per heavy atom. The summed E-state index contributed by atoms with van der Waals surface area (Å²) in [6, 6.07) is 4.29. The summed E-state index contributed by atoms with van der Waals surface area (Å²) in [4.78, 5) is 0.0936. The van der Waals surface area contributed by atoms with E-state index in [-0.39, 0.29) is 23.1 Å². The van der Waals surface area contributed by atoms with Crippen molar-refractivity contribution >= 4 is 21.6 Å². The average molecular weight is 330 g/mol. The third-order valence-corrected chi connectivity index (χ3v) is 5.22. The van der Waals surface area contributed by atoms with Crippen LogP contribution in [0.25, 0.3) is 0 Å². The maximum Gasteiger partial charge on any atom is 0.243 e. The monoisotopic (exact) mass is 329 g/mol. The summed E-state index contributed by atoms with van der Waals surface area (Å²) >= 11 is 5.95. The van der Waals surface area contributed by atoms with Crippen LogP contribution in [0.3, 0.4) is 0 Å². The minimum absolute atomic E-state index is 0.0936. The van der Waals surface area contributed by atoms with Crippen LogP contribution in [0.4, 0.5) is 0 Å². The minimum Gasteiger partial charge on any atom is -0.392 e. The number of sulfonamides is 1. The summed E-state index contributed by atoms with van der Waals surface area (Å²) in [7, 11) is -0.380. The van der Waals surface area contributed by atoms with Gasteiger partial charge >= 0.3 is 0 Å². The zero-order valence-corrected chi connectivity index (χ0v) is 13.3. The molecule has 0 aliphatic carbocycles. The molecular weight excluding hydrogens is 314 g/mol. The molecule has 2 rings (SSSR count). The van der Waals surface area contributed by atoms with Crippen LogP contribution in [-0.2, 0) is 30.2 Å². The lowest BCUT2D eigenvalue weighted by molar-refractivity contribution is 0.282. The predicted octanol–water partition coefficient (Wildman–Crippen LogP) is 1.39. The molecule has 1 aromatic heterocycles. The molecule has 0 fully saturated rings. The fourth-order valence-electron chi connectivity index (χ4n) is 1.89. The quantitative estimate of drug-likeness (QED) is 0.899. The second-order valence-electron chi connectivity index (χ2n) is 4.69. The van der Waals surface area contributed by atoms with Crippen LogP contribution in [0, 0.1) is 0 Å². The van der Waals surface area contributed by atoms with Gasteiger partial charge in [0.15, 0.2) is 0 Å². The van der Waals surface area contributed by atoms with Gasteiger partial charge in [-0.1, -0.05) is 17.7 Å². The van der Waals surface area contributed by atoms with Crippen molar-refractivity contribution in [2.24, 2.45) is 7.05 Å². The van der Waals surface area contributed by atoms with Gasteiger partial charge in [-0.3, -0.25) is 4.68 Å². The average Bonchev–Trinajstić information content (AvgIpc) is 2.83. The van der Waals surface area contributed by atoms with Crippen molar-refractivity contribution in [2.45, 2.75) is 18.0 Å². The molecule has 1 heterocycles.